The Balaban J connectivity index is 3.69. The number of hydrogen-bond acceptors (Lipinski definition) is 4. The maximum absolute atomic E-state index is 11.0. The number of rotatable bonds is 6. The van der Waals surface area contributed by atoms with Crippen molar-refractivity contribution in [2.75, 3.05) is 18.6 Å². The van der Waals surface area contributed by atoms with Crippen LogP contribution in [0.15, 0.2) is 0 Å². The second kappa shape index (κ2) is 6.27. The second-order valence-corrected chi connectivity index (χ2v) is 4.28. The third-order valence-electron chi connectivity index (χ3n) is 1.65. The number of carbonyl (C=O) groups excluding carboxylic acids is 1. The van der Waals surface area contributed by atoms with Crippen LogP contribution < -0.4 is 0 Å². The summed E-state index contributed by atoms with van der Waals surface area (Å²) in [6, 6.07) is 0. The lowest BCUT2D eigenvalue weighted by Crippen LogP contribution is -2.38. The quantitative estimate of drug-likeness (QED) is 0.528. The molecule has 0 saturated heterocycles. The fourth-order valence-corrected chi connectivity index (χ4v) is 1.95. The number of esters is 1. The standard InChI is InChI=1S/C9H18O3S/c1-4-5-6-13-7-9(2,11)8(10)12-3/h11H,4-7H2,1-3H3. The average molecular weight is 206 g/mol. The molecular formula is C9H18O3S. The van der Waals surface area contributed by atoms with Gasteiger partial charge in [-0.25, -0.2) is 4.79 Å². The van der Waals surface area contributed by atoms with Crippen molar-refractivity contribution in [2.45, 2.75) is 32.3 Å². The predicted molar refractivity (Wildman–Crippen MR) is 54.9 cm³/mol. The SMILES string of the molecule is CCCCSCC(C)(O)C(=O)OC. The molecule has 0 rings (SSSR count). The fourth-order valence-electron chi connectivity index (χ4n) is 0.796. The van der Waals surface area contributed by atoms with E-state index in [0.29, 0.717) is 5.75 Å². The van der Waals surface area contributed by atoms with Gasteiger partial charge < -0.3 is 9.84 Å². The number of carbonyl (C=O) groups is 1. The van der Waals surface area contributed by atoms with Crippen molar-refractivity contribution >= 4 is 17.7 Å². The largest absolute Gasteiger partial charge is 0.467 e. The average Bonchev–Trinajstić information content (AvgIpc) is 2.11. The van der Waals surface area contributed by atoms with Gasteiger partial charge in [-0.1, -0.05) is 13.3 Å². The summed E-state index contributed by atoms with van der Waals surface area (Å²) in [5.41, 5.74) is -1.34. The van der Waals surface area contributed by atoms with E-state index in [1.54, 1.807) is 11.8 Å². The molecule has 0 aliphatic heterocycles. The Kier molecular flexibility index (Phi) is 6.16. The molecule has 0 saturated carbocycles. The Labute approximate surface area is 83.9 Å². The summed E-state index contributed by atoms with van der Waals surface area (Å²) >= 11 is 1.58. The molecule has 1 N–H and O–H groups in total. The smallest absolute Gasteiger partial charge is 0.338 e. The van der Waals surface area contributed by atoms with Gasteiger partial charge >= 0.3 is 5.97 Å². The number of hydrogen-bond donors (Lipinski definition) is 1. The molecule has 78 valence electrons. The third kappa shape index (κ3) is 5.16. The molecule has 0 aromatic rings. The summed E-state index contributed by atoms with van der Waals surface area (Å²) in [6.07, 6.45) is 2.25. The summed E-state index contributed by atoms with van der Waals surface area (Å²) in [7, 11) is 1.29. The monoisotopic (exact) mass is 206 g/mol. The number of aliphatic hydroxyl groups is 1. The number of unbranched alkanes of at least 4 members (excludes halogenated alkanes) is 1. The van der Waals surface area contributed by atoms with E-state index in [1.165, 1.54) is 14.0 Å². The highest BCUT2D eigenvalue weighted by molar-refractivity contribution is 7.99. The van der Waals surface area contributed by atoms with E-state index < -0.39 is 11.6 Å². The minimum absolute atomic E-state index is 0.402. The maximum atomic E-state index is 11.0. The molecule has 0 bridgehead atoms. The number of thioether (sulfide) groups is 1. The zero-order valence-electron chi connectivity index (χ0n) is 8.50. The molecule has 0 aromatic carbocycles. The minimum atomic E-state index is -1.34. The van der Waals surface area contributed by atoms with Crippen LogP contribution in [0.4, 0.5) is 0 Å². The second-order valence-electron chi connectivity index (χ2n) is 3.17. The summed E-state index contributed by atoms with van der Waals surface area (Å²) in [5.74, 6) is 0.819. The lowest BCUT2D eigenvalue weighted by molar-refractivity contribution is -0.158. The van der Waals surface area contributed by atoms with Gasteiger partial charge in [-0.2, -0.15) is 11.8 Å². The Morgan fingerprint density at radius 1 is 1.62 bits per heavy atom. The van der Waals surface area contributed by atoms with E-state index in [9.17, 15) is 9.90 Å². The van der Waals surface area contributed by atoms with E-state index in [-0.39, 0.29) is 0 Å². The van der Waals surface area contributed by atoms with Crippen molar-refractivity contribution in [1.82, 2.24) is 0 Å². The first kappa shape index (κ1) is 12.8. The summed E-state index contributed by atoms with van der Waals surface area (Å²) < 4.78 is 4.47. The summed E-state index contributed by atoms with van der Waals surface area (Å²) in [6.45, 7) is 3.59. The van der Waals surface area contributed by atoms with Gasteiger partial charge in [0.2, 0.25) is 0 Å². The molecule has 0 aliphatic rings. The van der Waals surface area contributed by atoms with Crippen molar-refractivity contribution in [3.05, 3.63) is 0 Å². The van der Waals surface area contributed by atoms with Gasteiger partial charge in [-0.15, -0.1) is 0 Å². The molecule has 0 heterocycles. The number of ether oxygens (including phenoxy) is 1. The van der Waals surface area contributed by atoms with Gasteiger partial charge in [0, 0.05) is 5.75 Å². The van der Waals surface area contributed by atoms with Crippen LogP contribution in [0.25, 0.3) is 0 Å². The van der Waals surface area contributed by atoms with E-state index in [1.807, 2.05) is 0 Å². The van der Waals surface area contributed by atoms with Gasteiger partial charge in [0.15, 0.2) is 5.60 Å². The lowest BCUT2D eigenvalue weighted by Gasteiger charge is -2.19. The zero-order valence-corrected chi connectivity index (χ0v) is 9.32. The van der Waals surface area contributed by atoms with Crippen molar-refractivity contribution in [3.63, 3.8) is 0 Å². The predicted octanol–water partition coefficient (Wildman–Crippen LogP) is 1.44. The molecule has 3 nitrogen and oxygen atoms in total. The van der Waals surface area contributed by atoms with Crippen LogP contribution in [0, 0.1) is 0 Å². The molecule has 0 aliphatic carbocycles. The third-order valence-corrected chi connectivity index (χ3v) is 2.99. The molecule has 1 unspecified atom stereocenters. The van der Waals surface area contributed by atoms with Gasteiger partial charge in [-0.3, -0.25) is 0 Å². The molecule has 0 aromatic heterocycles. The van der Waals surface area contributed by atoms with Crippen LogP contribution in [0.1, 0.15) is 26.7 Å². The Bertz CT molecular complexity index is 157. The van der Waals surface area contributed by atoms with Crippen LogP contribution in [0.3, 0.4) is 0 Å². The molecule has 0 fully saturated rings. The molecule has 0 amide bonds. The fraction of sp³-hybridized carbons (Fsp3) is 0.889. The van der Waals surface area contributed by atoms with Gasteiger partial charge in [0.05, 0.1) is 7.11 Å². The van der Waals surface area contributed by atoms with E-state index in [0.717, 1.165) is 18.6 Å². The Morgan fingerprint density at radius 3 is 2.69 bits per heavy atom. The highest BCUT2D eigenvalue weighted by Crippen LogP contribution is 2.15. The first-order chi connectivity index (χ1) is 6.04. The summed E-state index contributed by atoms with van der Waals surface area (Å²) in [5, 5.41) is 9.59. The minimum Gasteiger partial charge on any atom is -0.467 e. The first-order valence-corrected chi connectivity index (χ1v) is 5.58. The van der Waals surface area contributed by atoms with Gasteiger partial charge in [0.1, 0.15) is 0 Å². The molecule has 13 heavy (non-hydrogen) atoms. The van der Waals surface area contributed by atoms with Crippen LogP contribution in [-0.2, 0) is 9.53 Å². The van der Waals surface area contributed by atoms with Crippen molar-refractivity contribution in [3.8, 4) is 0 Å². The Hall–Kier alpha value is -0.220. The molecular weight excluding hydrogens is 188 g/mol. The molecule has 4 heteroatoms. The van der Waals surface area contributed by atoms with E-state index in [2.05, 4.69) is 11.7 Å². The van der Waals surface area contributed by atoms with Crippen LogP contribution in [0.5, 0.6) is 0 Å². The molecule has 0 spiro atoms. The zero-order chi connectivity index (χ0) is 10.3. The van der Waals surface area contributed by atoms with Crippen molar-refractivity contribution < 1.29 is 14.6 Å². The van der Waals surface area contributed by atoms with Crippen molar-refractivity contribution in [2.24, 2.45) is 0 Å². The maximum Gasteiger partial charge on any atom is 0.338 e. The van der Waals surface area contributed by atoms with Crippen LogP contribution >= 0.6 is 11.8 Å². The van der Waals surface area contributed by atoms with Gasteiger partial charge in [-0.05, 0) is 19.1 Å². The van der Waals surface area contributed by atoms with E-state index >= 15 is 0 Å². The van der Waals surface area contributed by atoms with Crippen molar-refractivity contribution in [1.29, 1.82) is 0 Å². The highest BCUT2D eigenvalue weighted by atomic mass is 32.2. The Morgan fingerprint density at radius 2 is 2.23 bits per heavy atom. The topological polar surface area (TPSA) is 46.5 Å². The van der Waals surface area contributed by atoms with E-state index in [4.69, 9.17) is 0 Å². The molecule has 0 radical (unpaired) electrons. The van der Waals surface area contributed by atoms with Crippen LogP contribution in [0.2, 0.25) is 0 Å². The van der Waals surface area contributed by atoms with Gasteiger partial charge in [0.25, 0.3) is 0 Å². The molecule has 1 atom stereocenters. The van der Waals surface area contributed by atoms with Crippen LogP contribution in [-0.4, -0.2) is 35.3 Å². The lowest BCUT2D eigenvalue weighted by atomic mass is 10.1. The highest BCUT2D eigenvalue weighted by Gasteiger charge is 2.30. The normalized spacial score (nSPS) is 15.1. The number of methoxy groups -OCH3 is 1. The summed E-state index contributed by atoms with van der Waals surface area (Å²) in [4.78, 5) is 11.0. The first-order valence-electron chi connectivity index (χ1n) is 4.43.